The first-order valence-electron chi connectivity index (χ1n) is 7.68. The molecule has 0 saturated heterocycles. The van der Waals surface area contributed by atoms with Crippen LogP contribution in [0, 0.1) is 6.92 Å². The number of rotatable bonds is 7. The van der Waals surface area contributed by atoms with Crippen molar-refractivity contribution in [3.8, 4) is 17.1 Å². The van der Waals surface area contributed by atoms with Crippen molar-refractivity contribution in [2.45, 2.75) is 33.1 Å². The summed E-state index contributed by atoms with van der Waals surface area (Å²) in [6.45, 7) is 4.97. The van der Waals surface area contributed by atoms with E-state index in [9.17, 15) is 0 Å². The molecule has 2 aromatic rings. The Morgan fingerprint density at radius 1 is 1.17 bits per heavy atom. The zero-order valence-electron chi connectivity index (χ0n) is 13.6. The molecule has 0 aliphatic carbocycles. The van der Waals surface area contributed by atoms with Crippen LogP contribution in [0.15, 0.2) is 18.2 Å². The Kier molecular flexibility index (Phi) is 6.48. The fraction of sp³-hybridized carbons (Fsp3) is 0.412. The number of methoxy groups -OCH3 is 1. The lowest BCUT2D eigenvalue weighted by atomic mass is 10.1. The largest absolute Gasteiger partial charge is 0.479 e. The Labute approximate surface area is 147 Å². The summed E-state index contributed by atoms with van der Waals surface area (Å²) in [4.78, 5) is 9.17. The summed E-state index contributed by atoms with van der Waals surface area (Å²) in [6.07, 6.45) is 3.48. The third-order valence-electron chi connectivity index (χ3n) is 3.49. The zero-order chi connectivity index (χ0) is 16.8. The second kappa shape index (κ2) is 8.37. The number of unbranched alkanes of at least 4 members (excludes halogenated alkanes) is 2. The lowest BCUT2D eigenvalue weighted by molar-refractivity contribution is 0.398. The minimum atomic E-state index is 0.442. The van der Waals surface area contributed by atoms with Crippen molar-refractivity contribution >= 4 is 29.0 Å². The number of hydrogen-bond donors (Lipinski definition) is 1. The molecule has 0 amide bonds. The highest BCUT2D eigenvalue weighted by atomic mass is 35.5. The number of halogens is 2. The van der Waals surface area contributed by atoms with Gasteiger partial charge in [0, 0.05) is 17.1 Å². The molecular formula is C17H21Cl2N3O. The summed E-state index contributed by atoms with van der Waals surface area (Å²) in [5, 5.41) is 4.42. The van der Waals surface area contributed by atoms with E-state index in [0.717, 1.165) is 30.0 Å². The van der Waals surface area contributed by atoms with Gasteiger partial charge in [-0.2, -0.15) is 4.98 Å². The minimum Gasteiger partial charge on any atom is -0.479 e. The van der Waals surface area contributed by atoms with E-state index in [1.165, 1.54) is 12.8 Å². The monoisotopic (exact) mass is 353 g/mol. The number of benzene rings is 1. The maximum absolute atomic E-state index is 6.28. The van der Waals surface area contributed by atoms with Crippen molar-refractivity contribution in [2.75, 3.05) is 19.0 Å². The molecule has 1 heterocycles. The average Bonchev–Trinajstić information content (AvgIpc) is 2.52. The van der Waals surface area contributed by atoms with E-state index in [2.05, 4.69) is 22.2 Å². The number of anilines is 1. The maximum Gasteiger partial charge on any atom is 0.242 e. The SMILES string of the molecule is CCCCCNc1nc(OC)c(-c2ccc(Cl)cc2Cl)nc1C. The van der Waals surface area contributed by atoms with Gasteiger partial charge in [0.25, 0.3) is 0 Å². The summed E-state index contributed by atoms with van der Waals surface area (Å²) in [7, 11) is 1.58. The molecule has 0 saturated carbocycles. The quantitative estimate of drug-likeness (QED) is 0.679. The molecule has 0 bridgehead atoms. The van der Waals surface area contributed by atoms with E-state index >= 15 is 0 Å². The van der Waals surface area contributed by atoms with Crippen molar-refractivity contribution in [3.63, 3.8) is 0 Å². The highest BCUT2D eigenvalue weighted by Gasteiger charge is 2.16. The number of aryl methyl sites for hydroxylation is 1. The van der Waals surface area contributed by atoms with Gasteiger partial charge in [-0.15, -0.1) is 0 Å². The standard InChI is InChI=1S/C17H21Cl2N3O/c1-4-5-6-9-20-16-11(2)21-15(17(22-16)23-3)13-8-7-12(18)10-14(13)19/h7-8,10H,4-6,9H2,1-3H3,(H,20,22). The van der Waals surface area contributed by atoms with Crippen LogP contribution < -0.4 is 10.1 Å². The van der Waals surface area contributed by atoms with Crippen molar-refractivity contribution in [1.82, 2.24) is 9.97 Å². The fourth-order valence-electron chi connectivity index (χ4n) is 2.25. The first-order chi connectivity index (χ1) is 11.1. The van der Waals surface area contributed by atoms with Gasteiger partial charge in [0.1, 0.15) is 5.69 Å². The van der Waals surface area contributed by atoms with Crippen LogP contribution in [0.1, 0.15) is 31.9 Å². The topological polar surface area (TPSA) is 47.0 Å². The van der Waals surface area contributed by atoms with Gasteiger partial charge in [-0.1, -0.05) is 43.0 Å². The summed E-state index contributed by atoms with van der Waals surface area (Å²) in [5.74, 6) is 1.18. The van der Waals surface area contributed by atoms with Crippen LogP contribution in [0.25, 0.3) is 11.3 Å². The van der Waals surface area contributed by atoms with Crippen LogP contribution >= 0.6 is 23.2 Å². The molecule has 2 rings (SSSR count). The first-order valence-corrected chi connectivity index (χ1v) is 8.44. The third kappa shape index (κ3) is 4.49. The second-order valence-electron chi connectivity index (χ2n) is 5.27. The fourth-order valence-corrected chi connectivity index (χ4v) is 2.75. The molecule has 4 nitrogen and oxygen atoms in total. The molecule has 6 heteroatoms. The Bertz CT molecular complexity index is 677. The number of nitrogens with one attached hydrogen (secondary N) is 1. The Morgan fingerprint density at radius 2 is 1.96 bits per heavy atom. The van der Waals surface area contributed by atoms with Crippen LogP contribution in [0.3, 0.4) is 0 Å². The van der Waals surface area contributed by atoms with E-state index in [4.69, 9.17) is 27.9 Å². The molecule has 124 valence electrons. The smallest absolute Gasteiger partial charge is 0.242 e. The van der Waals surface area contributed by atoms with E-state index in [0.29, 0.717) is 21.6 Å². The van der Waals surface area contributed by atoms with Crippen molar-refractivity contribution in [1.29, 1.82) is 0 Å². The Balaban J connectivity index is 2.32. The predicted molar refractivity (Wildman–Crippen MR) is 96.8 cm³/mol. The predicted octanol–water partition coefficient (Wildman–Crippen LogP) is 5.37. The normalized spacial score (nSPS) is 10.7. The molecule has 0 radical (unpaired) electrons. The van der Waals surface area contributed by atoms with E-state index in [1.54, 1.807) is 19.2 Å². The van der Waals surface area contributed by atoms with Crippen molar-refractivity contribution in [2.24, 2.45) is 0 Å². The highest BCUT2D eigenvalue weighted by Crippen LogP contribution is 2.35. The molecule has 1 N–H and O–H groups in total. The van der Waals surface area contributed by atoms with E-state index in [-0.39, 0.29) is 0 Å². The molecule has 1 aromatic carbocycles. The molecule has 0 unspecified atom stereocenters. The summed E-state index contributed by atoms with van der Waals surface area (Å²) < 4.78 is 5.40. The molecule has 23 heavy (non-hydrogen) atoms. The zero-order valence-corrected chi connectivity index (χ0v) is 15.1. The van der Waals surface area contributed by atoms with Gasteiger partial charge in [-0.3, -0.25) is 0 Å². The van der Waals surface area contributed by atoms with Gasteiger partial charge >= 0.3 is 0 Å². The summed E-state index contributed by atoms with van der Waals surface area (Å²) in [5.41, 5.74) is 2.18. The lowest BCUT2D eigenvalue weighted by Gasteiger charge is -2.14. The van der Waals surface area contributed by atoms with Crippen LogP contribution in [0.5, 0.6) is 5.88 Å². The van der Waals surface area contributed by atoms with Gasteiger partial charge in [-0.05, 0) is 31.5 Å². The van der Waals surface area contributed by atoms with E-state index in [1.807, 2.05) is 13.0 Å². The molecule has 0 atom stereocenters. The summed E-state index contributed by atoms with van der Waals surface area (Å²) in [6, 6.07) is 5.28. The van der Waals surface area contributed by atoms with Gasteiger partial charge in [0.2, 0.25) is 5.88 Å². The maximum atomic E-state index is 6.28. The number of ether oxygens (including phenoxy) is 1. The molecule has 0 fully saturated rings. The van der Waals surface area contributed by atoms with Crippen LogP contribution in [0.2, 0.25) is 10.0 Å². The highest BCUT2D eigenvalue weighted by molar-refractivity contribution is 6.36. The van der Waals surface area contributed by atoms with Gasteiger partial charge in [0.05, 0.1) is 17.8 Å². The minimum absolute atomic E-state index is 0.442. The van der Waals surface area contributed by atoms with E-state index < -0.39 is 0 Å². The molecular weight excluding hydrogens is 333 g/mol. The Hall–Kier alpha value is -1.52. The molecule has 1 aromatic heterocycles. The third-order valence-corrected chi connectivity index (χ3v) is 4.04. The second-order valence-corrected chi connectivity index (χ2v) is 6.12. The van der Waals surface area contributed by atoms with Crippen LogP contribution in [-0.4, -0.2) is 23.6 Å². The average molecular weight is 354 g/mol. The van der Waals surface area contributed by atoms with Crippen LogP contribution in [0.4, 0.5) is 5.82 Å². The lowest BCUT2D eigenvalue weighted by Crippen LogP contribution is -2.08. The van der Waals surface area contributed by atoms with Gasteiger partial charge in [-0.25, -0.2) is 4.98 Å². The number of aromatic nitrogens is 2. The number of nitrogens with zero attached hydrogens (tertiary/aromatic N) is 2. The Morgan fingerprint density at radius 3 is 2.61 bits per heavy atom. The van der Waals surface area contributed by atoms with Crippen LogP contribution in [-0.2, 0) is 0 Å². The van der Waals surface area contributed by atoms with Gasteiger partial charge < -0.3 is 10.1 Å². The van der Waals surface area contributed by atoms with Gasteiger partial charge in [0.15, 0.2) is 5.82 Å². The first kappa shape index (κ1) is 17.8. The molecule has 0 spiro atoms. The molecule has 0 aliphatic heterocycles. The van der Waals surface area contributed by atoms with Crippen molar-refractivity contribution < 1.29 is 4.74 Å². The summed E-state index contributed by atoms with van der Waals surface area (Å²) >= 11 is 12.2. The van der Waals surface area contributed by atoms with Crippen molar-refractivity contribution in [3.05, 3.63) is 33.9 Å². The number of hydrogen-bond acceptors (Lipinski definition) is 4. The molecule has 0 aliphatic rings.